The summed E-state index contributed by atoms with van der Waals surface area (Å²) in [4.78, 5) is 0. The SMILES string of the molecule is COC1(CNCc2cccc(C)c2C)CCC1. The lowest BCUT2D eigenvalue weighted by molar-refractivity contribution is -0.0695. The number of benzene rings is 1. The van der Waals surface area contributed by atoms with Crippen LogP contribution in [0.5, 0.6) is 0 Å². The van der Waals surface area contributed by atoms with Gasteiger partial charge in [-0.05, 0) is 49.8 Å². The summed E-state index contributed by atoms with van der Waals surface area (Å²) in [5, 5.41) is 3.54. The topological polar surface area (TPSA) is 21.3 Å². The highest BCUT2D eigenvalue weighted by Crippen LogP contribution is 2.34. The van der Waals surface area contributed by atoms with Gasteiger partial charge in [0.25, 0.3) is 0 Å². The van der Waals surface area contributed by atoms with Crippen LogP contribution in [0.2, 0.25) is 0 Å². The van der Waals surface area contributed by atoms with Gasteiger partial charge in [0, 0.05) is 20.2 Å². The number of rotatable bonds is 5. The van der Waals surface area contributed by atoms with Gasteiger partial charge < -0.3 is 10.1 Å². The van der Waals surface area contributed by atoms with Crippen LogP contribution in [-0.2, 0) is 11.3 Å². The monoisotopic (exact) mass is 233 g/mol. The van der Waals surface area contributed by atoms with Gasteiger partial charge in [-0.3, -0.25) is 0 Å². The van der Waals surface area contributed by atoms with E-state index in [0.29, 0.717) is 0 Å². The fraction of sp³-hybridized carbons (Fsp3) is 0.600. The van der Waals surface area contributed by atoms with Gasteiger partial charge in [0.2, 0.25) is 0 Å². The number of hydrogen-bond acceptors (Lipinski definition) is 2. The molecule has 0 saturated heterocycles. The van der Waals surface area contributed by atoms with Crippen molar-refractivity contribution >= 4 is 0 Å². The second-order valence-corrected chi connectivity index (χ2v) is 5.20. The van der Waals surface area contributed by atoms with Gasteiger partial charge in [0.1, 0.15) is 0 Å². The molecule has 2 rings (SSSR count). The van der Waals surface area contributed by atoms with Crippen molar-refractivity contribution in [2.45, 2.75) is 45.3 Å². The molecule has 0 bridgehead atoms. The van der Waals surface area contributed by atoms with Crippen LogP contribution in [-0.4, -0.2) is 19.3 Å². The Morgan fingerprint density at radius 2 is 2.06 bits per heavy atom. The molecule has 94 valence electrons. The standard InChI is InChI=1S/C15H23NO/c1-12-6-4-7-14(13(12)2)10-16-11-15(17-3)8-5-9-15/h4,6-7,16H,5,8-11H2,1-3H3. The second kappa shape index (κ2) is 5.19. The van der Waals surface area contributed by atoms with Crippen LogP contribution in [0.15, 0.2) is 18.2 Å². The summed E-state index contributed by atoms with van der Waals surface area (Å²) in [6, 6.07) is 6.51. The molecular formula is C15H23NO. The molecule has 0 spiro atoms. The first-order valence-corrected chi connectivity index (χ1v) is 6.48. The Morgan fingerprint density at radius 3 is 2.65 bits per heavy atom. The first kappa shape index (κ1) is 12.6. The third-order valence-electron chi connectivity index (χ3n) is 4.18. The molecule has 0 atom stereocenters. The van der Waals surface area contributed by atoms with Gasteiger partial charge in [0.15, 0.2) is 0 Å². The van der Waals surface area contributed by atoms with Gasteiger partial charge >= 0.3 is 0 Å². The molecule has 1 aliphatic carbocycles. The van der Waals surface area contributed by atoms with Crippen LogP contribution in [0.4, 0.5) is 0 Å². The molecule has 1 aromatic rings. The van der Waals surface area contributed by atoms with Gasteiger partial charge in [-0.1, -0.05) is 18.2 Å². The molecule has 17 heavy (non-hydrogen) atoms. The van der Waals surface area contributed by atoms with E-state index < -0.39 is 0 Å². The molecule has 1 N–H and O–H groups in total. The Morgan fingerprint density at radius 1 is 1.29 bits per heavy atom. The van der Waals surface area contributed by atoms with Gasteiger partial charge in [-0.15, -0.1) is 0 Å². The maximum absolute atomic E-state index is 5.60. The van der Waals surface area contributed by atoms with Gasteiger partial charge in [0.05, 0.1) is 5.60 Å². The molecule has 0 heterocycles. The smallest absolute Gasteiger partial charge is 0.0802 e. The minimum Gasteiger partial charge on any atom is -0.377 e. The van der Waals surface area contributed by atoms with E-state index in [2.05, 4.69) is 37.4 Å². The minimum absolute atomic E-state index is 0.123. The number of ether oxygens (including phenoxy) is 1. The van der Waals surface area contributed by atoms with E-state index in [9.17, 15) is 0 Å². The zero-order chi connectivity index (χ0) is 12.3. The highest BCUT2D eigenvalue weighted by atomic mass is 16.5. The molecule has 0 aromatic heterocycles. The molecule has 1 saturated carbocycles. The summed E-state index contributed by atoms with van der Waals surface area (Å²) in [6.45, 7) is 6.28. The molecule has 2 nitrogen and oxygen atoms in total. The molecule has 0 aliphatic heterocycles. The van der Waals surface area contributed by atoms with Crippen molar-refractivity contribution in [2.24, 2.45) is 0 Å². The van der Waals surface area contributed by atoms with E-state index in [4.69, 9.17) is 4.74 Å². The summed E-state index contributed by atoms with van der Waals surface area (Å²) in [7, 11) is 1.83. The van der Waals surface area contributed by atoms with Crippen LogP contribution < -0.4 is 5.32 Å². The van der Waals surface area contributed by atoms with Crippen LogP contribution in [0.25, 0.3) is 0 Å². The van der Waals surface area contributed by atoms with E-state index in [0.717, 1.165) is 13.1 Å². The largest absolute Gasteiger partial charge is 0.377 e. The van der Waals surface area contributed by atoms with Crippen molar-refractivity contribution in [1.29, 1.82) is 0 Å². The Kier molecular flexibility index (Phi) is 3.85. The molecule has 0 radical (unpaired) electrons. The fourth-order valence-electron chi connectivity index (χ4n) is 2.45. The first-order valence-electron chi connectivity index (χ1n) is 6.48. The Hall–Kier alpha value is -0.860. The zero-order valence-corrected chi connectivity index (χ0v) is 11.2. The Labute approximate surface area is 104 Å². The van der Waals surface area contributed by atoms with Crippen LogP contribution >= 0.6 is 0 Å². The van der Waals surface area contributed by atoms with Crippen LogP contribution in [0, 0.1) is 13.8 Å². The third-order valence-corrected chi connectivity index (χ3v) is 4.18. The van der Waals surface area contributed by atoms with Crippen molar-refractivity contribution in [2.75, 3.05) is 13.7 Å². The van der Waals surface area contributed by atoms with Gasteiger partial charge in [-0.2, -0.15) is 0 Å². The van der Waals surface area contributed by atoms with E-state index in [1.54, 1.807) is 0 Å². The molecule has 1 fully saturated rings. The summed E-state index contributed by atoms with van der Waals surface area (Å²) >= 11 is 0. The average molecular weight is 233 g/mol. The van der Waals surface area contributed by atoms with E-state index in [1.165, 1.54) is 36.0 Å². The third kappa shape index (κ3) is 2.70. The molecular weight excluding hydrogens is 210 g/mol. The summed E-state index contributed by atoms with van der Waals surface area (Å²) < 4.78 is 5.60. The predicted molar refractivity (Wildman–Crippen MR) is 71.2 cm³/mol. The number of aryl methyl sites for hydroxylation is 1. The molecule has 1 aromatic carbocycles. The Balaban J connectivity index is 1.88. The average Bonchev–Trinajstić information content (AvgIpc) is 2.28. The summed E-state index contributed by atoms with van der Waals surface area (Å²) in [6.07, 6.45) is 3.70. The number of hydrogen-bond donors (Lipinski definition) is 1. The van der Waals surface area contributed by atoms with Crippen molar-refractivity contribution < 1.29 is 4.74 Å². The lowest BCUT2D eigenvalue weighted by Gasteiger charge is -2.40. The number of methoxy groups -OCH3 is 1. The van der Waals surface area contributed by atoms with Crippen molar-refractivity contribution in [3.63, 3.8) is 0 Å². The maximum atomic E-state index is 5.60. The maximum Gasteiger partial charge on any atom is 0.0802 e. The molecule has 0 unspecified atom stereocenters. The van der Waals surface area contributed by atoms with Gasteiger partial charge in [-0.25, -0.2) is 0 Å². The first-order chi connectivity index (χ1) is 8.17. The minimum atomic E-state index is 0.123. The second-order valence-electron chi connectivity index (χ2n) is 5.20. The normalized spacial score (nSPS) is 17.8. The highest BCUT2D eigenvalue weighted by Gasteiger charge is 2.36. The van der Waals surface area contributed by atoms with Crippen molar-refractivity contribution in [3.8, 4) is 0 Å². The molecule has 0 amide bonds. The van der Waals surface area contributed by atoms with E-state index >= 15 is 0 Å². The summed E-state index contributed by atoms with van der Waals surface area (Å²) in [5.74, 6) is 0. The lowest BCUT2D eigenvalue weighted by Crippen LogP contribution is -2.47. The van der Waals surface area contributed by atoms with E-state index in [1.807, 2.05) is 7.11 Å². The number of nitrogens with one attached hydrogen (secondary N) is 1. The Bertz CT molecular complexity index is 377. The van der Waals surface area contributed by atoms with Crippen molar-refractivity contribution in [3.05, 3.63) is 34.9 Å². The van der Waals surface area contributed by atoms with E-state index in [-0.39, 0.29) is 5.60 Å². The van der Waals surface area contributed by atoms with Crippen molar-refractivity contribution in [1.82, 2.24) is 5.32 Å². The summed E-state index contributed by atoms with van der Waals surface area (Å²) in [5.41, 5.74) is 4.29. The fourth-order valence-corrected chi connectivity index (χ4v) is 2.45. The van der Waals surface area contributed by atoms with Crippen LogP contribution in [0.1, 0.15) is 36.0 Å². The molecule has 2 heteroatoms. The highest BCUT2D eigenvalue weighted by molar-refractivity contribution is 5.32. The quantitative estimate of drug-likeness (QED) is 0.844. The predicted octanol–water partition coefficient (Wildman–Crippen LogP) is 2.96. The molecule has 1 aliphatic rings. The lowest BCUT2D eigenvalue weighted by atomic mass is 9.80. The zero-order valence-electron chi connectivity index (χ0n) is 11.2. The van der Waals surface area contributed by atoms with Crippen LogP contribution in [0.3, 0.4) is 0 Å².